The molecular weight excluding hydrogens is 872 g/mol. The van der Waals surface area contributed by atoms with Crippen molar-refractivity contribution in [3.05, 3.63) is 0 Å². The van der Waals surface area contributed by atoms with Crippen molar-refractivity contribution in [2.45, 2.75) is 345 Å². The minimum atomic E-state index is -2.62. The summed E-state index contributed by atoms with van der Waals surface area (Å²) in [6.07, 6.45) is 65.0. The minimum absolute atomic E-state index is 0.406. The summed E-state index contributed by atoms with van der Waals surface area (Å²) in [6.45, 7) is 6.84. The highest BCUT2D eigenvalue weighted by atomic mass is 32.1. The Hall–Kier alpha value is 1.24. The van der Waals surface area contributed by atoms with Crippen molar-refractivity contribution in [3.8, 4) is 0 Å². The van der Waals surface area contributed by atoms with E-state index in [-0.39, 0.29) is 0 Å². The SMILES string of the molecule is CCCCCCCCCCCCCCCCCC(O)S.CCCCCCCCCCCCCCCCCC(O)S.CCCCCCCCCCCCCCCCCC(O)S.OP(O)O. The van der Waals surface area contributed by atoms with Crippen LogP contribution in [0.15, 0.2) is 0 Å². The van der Waals surface area contributed by atoms with Crippen LogP contribution in [0, 0.1) is 0 Å². The van der Waals surface area contributed by atoms with E-state index in [1.54, 1.807) is 0 Å². The second kappa shape index (κ2) is 68.5. The first-order valence-electron chi connectivity index (χ1n) is 28.0. The van der Waals surface area contributed by atoms with Crippen molar-refractivity contribution < 1.29 is 30.0 Å². The maximum Gasteiger partial charge on any atom is 0.324 e. The van der Waals surface area contributed by atoms with Crippen molar-refractivity contribution in [3.63, 3.8) is 0 Å². The minimum Gasteiger partial charge on any atom is -0.383 e. The summed E-state index contributed by atoms with van der Waals surface area (Å²) in [5, 5.41) is 27.1. The monoisotopic (exact) mass is 989 g/mol. The van der Waals surface area contributed by atoms with Gasteiger partial charge in [-0.05, 0) is 19.3 Å². The molecule has 0 rings (SSSR count). The molecule has 0 aromatic rings. The van der Waals surface area contributed by atoms with Gasteiger partial charge in [0.25, 0.3) is 0 Å². The molecule has 0 bridgehead atoms. The second-order valence-electron chi connectivity index (χ2n) is 18.9. The maximum absolute atomic E-state index is 9.02. The zero-order valence-corrected chi connectivity index (χ0v) is 46.7. The lowest BCUT2D eigenvalue weighted by Gasteiger charge is -2.04. The molecule has 0 aliphatic heterocycles. The van der Waals surface area contributed by atoms with Crippen molar-refractivity contribution in [2.75, 3.05) is 0 Å². The molecule has 0 fully saturated rings. The van der Waals surface area contributed by atoms with Gasteiger partial charge in [0.1, 0.15) is 0 Å². The summed E-state index contributed by atoms with van der Waals surface area (Å²) >= 11 is 11.9. The maximum atomic E-state index is 9.02. The fraction of sp³-hybridized carbons (Fsp3) is 1.00. The summed E-state index contributed by atoms with van der Waals surface area (Å²) in [6, 6.07) is 0. The molecule has 0 aromatic carbocycles. The molecular formula is C54H117O6PS3. The fourth-order valence-corrected chi connectivity index (χ4v) is 8.64. The van der Waals surface area contributed by atoms with Crippen LogP contribution in [0.2, 0.25) is 0 Å². The zero-order chi connectivity index (χ0) is 48.3. The lowest BCUT2D eigenvalue weighted by atomic mass is 10.0. The molecule has 0 saturated carbocycles. The second-order valence-corrected chi connectivity index (χ2v) is 21.3. The van der Waals surface area contributed by atoms with E-state index < -0.39 is 24.9 Å². The van der Waals surface area contributed by atoms with Crippen LogP contribution in [-0.4, -0.2) is 46.3 Å². The lowest BCUT2D eigenvalue weighted by Crippen LogP contribution is -1.94. The first-order valence-corrected chi connectivity index (χ1v) is 30.7. The van der Waals surface area contributed by atoms with E-state index >= 15 is 0 Å². The molecule has 6 nitrogen and oxygen atoms in total. The molecule has 0 heterocycles. The Labute approximate surface area is 419 Å². The summed E-state index contributed by atoms with van der Waals surface area (Å²) in [5.74, 6) is 0. The van der Waals surface area contributed by atoms with Gasteiger partial charge in [0.05, 0.1) is 16.3 Å². The molecule has 392 valence electrons. The third-order valence-electron chi connectivity index (χ3n) is 12.2. The Balaban J connectivity index is -0.000000404. The average molecular weight is 990 g/mol. The molecule has 0 spiro atoms. The van der Waals surface area contributed by atoms with E-state index in [1.165, 1.54) is 270 Å². The van der Waals surface area contributed by atoms with E-state index in [1.807, 2.05) is 0 Å². The Bertz CT molecular complexity index is 661. The highest BCUT2D eigenvalue weighted by Crippen LogP contribution is 2.18. The van der Waals surface area contributed by atoms with Crippen LogP contribution in [0.5, 0.6) is 0 Å². The van der Waals surface area contributed by atoms with Gasteiger partial charge >= 0.3 is 8.60 Å². The number of aliphatic hydroxyl groups excluding tert-OH is 3. The van der Waals surface area contributed by atoms with Crippen LogP contribution < -0.4 is 0 Å². The van der Waals surface area contributed by atoms with Crippen molar-refractivity contribution in [1.82, 2.24) is 0 Å². The van der Waals surface area contributed by atoms with Gasteiger partial charge < -0.3 is 30.0 Å². The van der Waals surface area contributed by atoms with E-state index in [0.29, 0.717) is 0 Å². The first-order chi connectivity index (χ1) is 31.0. The van der Waals surface area contributed by atoms with E-state index in [4.69, 9.17) is 30.0 Å². The summed E-state index contributed by atoms with van der Waals surface area (Å²) in [5.41, 5.74) is -1.22. The topological polar surface area (TPSA) is 121 Å². The van der Waals surface area contributed by atoms with Gasteiger partial charge in [0.15, 0.2) is 0 Å². The fourth-order valence-electron chi connectivity index (χ4n) is 8.09. The van der Waals surface area contributed by atoms with Gasteiger partial charge in [-0.2, -0.15) is 0 Å². The van der Waals surface area contributed by atoms with Gasteiger partial charge in [0, 0.05) is 0 Å². The molecule has 0 aromatic heterocycles. The predicted octanol–water partition coefficient (Wildman–Crippen LogP) is 18.7. The average Bonchev–Trinajstić information content (AvgIpc) is 3.25. The highest BCUT2D eigenvalue weighted by Gasteiger charge is 2.00. The molecule has 0 aliphatic rings. The quantitative estimate of drug-likeness (QED) is 0.0130. The van der Waals surface area contributed by atoms with Crippen LogP contribution in [-0.2, 0) is 0 Å². The molecule has 3 unspecified atom stereocenters. The van der Waals surface area contributed by atoms with E-state index in [2.05, 4.69) is 58.7 Å². The normalized spacial score (nSPS) is 12.5. The Morgan fingerprint density at radius 1 is 0.234 bits per heavy atom. The Morgan fingerprint density at radius 2 is 0.328 bits per heavy atom. The molecule has 0 aliphatic carbocycles. The van der Waals surface area contributed by atoms with E-state index in [9.17, 15) is 0 Å². The third kappa shape index (κ3) is 89.8. The predicted molar refractivity (Wildman–Crippen MR) is 297 cm³/mol. The zero-order valence-electron chi connectivity index (χ0n) is 43.1. The Kier molecular flexibility index (Phi) is 76.8. The summed E-state index contributed by atoms with van der Waals surface area (Å²) in [7, 11) is -2.62. The molecule has 10 heteroatoms. The summed E-state index contributed by atoms with van der Waals surface area (Å²) < 4.78 is 0. The molecule has 6 N–H and O–H groups in total. The number of rotatable bonds is 48. The third-order valence-corrected chi connectivity index (χ3v) is 13.0. The summed E-state index contributed by atoms with van der Waals surface area (Å²) in [4.78, 5) is 21.7. The number of aliphatic hydroxyl groups is 3. The van der Waals surface area contributed by atoms with Crippen molar-refractivity contribution in [2.24, 2.45) is 0 Å². The molecule has 64 heavy (non-hydrogen) atoms. The van der Waals surface area contributed by atoms with Crippen molar-refractivity contribution in [1.29, 1.82) is 0 Å². The molecule has 0 amide bonds. The lowest BCUT2D eigenvalue weighted by molar-refractivity contribution is 0.249. The van der Waals surface area contributed by atoms with Gasteiger partial charge in [-0.15, -0.1) is 37.9 Å². The molecule has 3 atom stereocenters. The Morgan fingerprint density at radius 3 is 0.422 bits per heavy atom. The van der Waals surface area contributed by atoms with Gasteiger partial charge in [-0.1, -0.05) is 310 Å². The highest BCUT2D eigenvalue weighted by molar-refractivity contribution is 7.81. The van der Waals surface area contributed by atoms with Gasteiger partial charge in [-0.3, -0.25) is 0 Å². The van der Waals surface area contributed by atoms with E-state index in [0.717, 1.165) is 38.5 Å². The van der Waals surface area contributed by atoms with Gasteiger partial charge in [-0.25, -0.2) is 0 Å². The smallest absolute Gasteiger partial charge is 0.324 e. The molecule has 0 radical (unpaired) electrons. The first kappa shape index (κ1) is 71.8. The number of thiol groups is 3. The van der Waals surface area contributed by atoms with Crippen LogP contribution in [0.1, 0.15) is 329 Å². The number of hydrogen-bond acceptors (Lipinski definition) is 9. The number of unbranched alkanes of at least 4 members (excludes halogenated alkanes) is 42. The number of hydrogen-bond donors (Lipinski definition) is 9. The van der Waals surface area contributed by atoms with Crippen LogP contribution >= 0.6 is 46.5 Å². The van der Waals surface area contributed by atoms with Crippen LogP contribution in [0.3, 0.4) is 0 Å². The van der Waals surface area contributed by atoms with Gasteiger partial charge in [0.2, 0.25) is 0 Å². The van der Waals surface area contributed by atoms with Crippen LogP contribution in [0.25, 0.3) is 0 Å². The standard InChI is InChI=1S/3C18H38OS.H3O3P/c3*1-2-3-4-5-6-7-8-9-10-11-12-13-14-15-16-17-18(19)20;1-4(2)3/h3*18-20H,2-17H2,1H3;1-3H. The van der Waals surface area contributed by atoms with Crippen LogP contribution in [0.4, 0.5) is 0 Å². The largest absolute Gasteiger partial charge is 0.383 e. The van der Waals surface area contributed by atoms with Crippen molar-refractivity contribution >= 4 is 46.5 Å². The molecule has 0 saturated heterocycles.